The zero-order valence-corrected chi connectivity index (χ0v) is 17.7. The van der Waals surface area contributed by atoms with E-state index in [1.54, 1.807) is 33.7 Å². The summed E-state index contributed by atoms with van der Waals surface area (Å²) in [5.74, 6) is 0. The van der Waals surface area contributed by atoms with Crippen LogP contribution in [-0.2, 0) is 6.42 Å². The predicted molar refractivity (Wildman–Crippen MR) is 126 cm³/mol. The zero-order chi connectivity index (χ0) is 20.8. The Labute approximate surface area is 183 Å². The molecule has 0 aromatic heterocycles. The Morgan fingerprint density at radius 1 is 0.633 bits per heavy atom. The van der Waals surface area contributed by atoms with Crippen LogP contribution in [0.1, 0.15) is 11.1 Å². The van der Waals surface area contributed by atoms with E-state index < -0.39 is 0 Å². The van der Waals surface area contributed by atoms with Crippen LogP contribution >= 0.6 is 21.6 Å². The van der Waals surface area contributed by atoms with Crippen molar-refractivity contribution in [3.63, 3.8) is 0 Å². The van der Waals surface area contributed by atoms with Gasteiger partial charge in [-0.3, -0.25) is 10.1 Å². The fraction of sp³-hybridized carbons (Fsp3) is 0.0400. The summed E-state index contributed by atoms with van der Waals surface area (Å²) in [6, 6.07) is 34.1. The van der Waals surface area contributed by atoms with Crippen LogP contribution in [0.15, 0.2) is 113 Å². The Bertz CT molecular complexity index is 1110. The molecule has 148 valence electrons. The van der Waals surface area contributed by atoms with E-state index in [1.807, 2.05) is 30.3 Å². The number of hydrogen-bond donors (Lipinski definition) is 0. The Morgan fingerprint density at radius 3 is 1.77 bits per heavy atom. The molecule has 0 radical (unpaired) electrons. The largest absolute Gasteiger partial charge is 0.269 e. The van der Waals surface area contributed by atoms with Crippen molar-refractivity contribution in [3.05, 3.63) is 124 Å². The molecule has 0 spiro atoms. The highest BCUT2D eigenvalue weighted by atomic mass is 33.1. The van der Waals surface area contributed by atoms with E-state index in [4.69, 9.17) is 0 Å². The minimum Gasteiger partial charge on any atom is -0.258 e. The van der Waals surface area contributed by atoms with E-state index in [9.17, 15) is 10.1 Å². The molecule has 5 rings (SSSR count). The van der Waals surface area contributed by atoms with Gasteiger partial charge in [0.2, 0.25) is 0 Å². The lowest BCUT2D eigenvalue weighted by Crippen LogP contribution is -1.89. The number of benzene rings is 4. The second-order valence-corrected chi connectivity index (χ2v) is 9.00. The summed E-state index contributed by atoms with van der Waals surface area (Å²) in [5, 5.41) is 10.7. The maximum Gasteiger partial charge on any atom is 0.269 e. The third-order valence-corrected chi connectivity index (χ3v) is 7.13. The Morgan fingerprint density at radius 2 is 1.17 bits per heavy atom. The van der Waals surface area contributed by atoms with Crippen molar-refractivity contribution in [1.82, 2.24) is 0 Å². The molecule has 0 aliphatic heterocycles. The lowest BCUT2D eigenvalue weighted by molar-refractivity contribution is -0.384. The first-order valence-corrected chi connectivity index (χ1v) is 11.7. The van der Waals surface area contributed by atoms with Gasteiger partial charge < -0.3 is 0 Å². The number of non-ortho nitro benzene ring substituents is 1. The van der Waals surface area contributed by atoms with Crippen molar-refractivity contribution in [1.29, 1.82) is 0 Å². The summed E-state index contributed by atoms with van der Waals surface area (Å²) >= 11 is 0. The van der Waals surface area contributed by atoms with Crippen molar-refractivity contribution in [3.8, 4) is 11.1 Å². The van der Waals surface area contributed by atoms with Gasteiger partial charge in [0.15, 0.2) is 0 Å². The number of nitro groups is 1. The molecule has 0 heterocycles. The topological polar surface area (TPSA) is 43.1 Å². The third kappa shape index (κ3) is 4.93. The van der Waals surface area contributed by atoms with Gasteiger partial charge in [0.1, 0.15) is 0 Å². The molecule has 0 bridgehead atoms. The van der Waals surface area contributed by atoms with Crippen molar-refractivity contribution in [2.24, 2.45) is 0 Å². The first-order valence-electron chi connectivity index (χ1n) is 9.51. The highest BCUT2D eigenvalue weighted by molar-refractivity contribution is 8.76. The van der Waals surface area contributed by atoms with E-state index in [-0.39, 0.29) is 10.6 Å². The number of hydrogen-bond acceptors (Lipinski definition) is 4. The second-order valence-electron chi connectivity index (χ2n) is 6.73. The average Bonchev–Trinajstić information content (AvgIpc) is 3.17. The number of nitro benzene ring substituents is 1. The summed E-state index contributed by atoms with van der Waals surface area (Å²) in [6.45, 7) is 0. The Kier molecular flexibility index (Phi) is 6.52. The molecule has 1 aliphatic rings. The lowest BCUT2D eigenvalue weighted by Gasteiger charge is -1.99. The van der Waals surface area contributed by atoms with Gasteiger partial charge in [0.05, 0.1) is 4.92 Å². The molecule has 0 fully saturated rings. The maximum absolute atomic E-state index is 10.7. The molecule has 5 heteroatoms. The SMILES string of the molecule is O=[N+]([O-])c1ccc2c(c1)Cc1ccccc1-2.c1ccc(SSc2ccccc2)cc1. The molecular weight excluding hydrogens is 410 g/mol. The Hall–Kier alpha value is -3.02. The van der Waals surface area contributed by atoms with E-state index in [0.717, 1.165) is 17.5 Å². The summed E-state index contributed by atoms with van der Waals surface area (Å²) < 4.78 is 0. The quantitative estimate of drug-likeness (QED) is 0.167. The molecule has 0 amide bonds. The smallest absolute Gasteiger partial charge is 0.258 e. The number of nitrogens with zero attached hydrogens (tertiary/aromatic N) is 1. The summed E-state index contributed by atoms with van der Waals surface area (Å²) in [7, 11) is 3.58. The van der Waals surface area contributed by atoms with E-state index >= 15 is 0 Å². The van der Waals surface area contributed by atoms with Gasteiger partial charge in [-0.15, -0.1) is 0 Å². The summed E-state index contributed by atoms with van der Waals surface area (Å²) in [5.41, 5.74) is 4.80. The highest BCUT2D eigenvalue weighted by Gasteiger charge is 2.20. The minimum atomic E-state index is -0.344. The molecule has 4 aromatic rings. The predicted octanol–water partition coefficient (Wildman–Crippen LogP) is 7.65. The molecule has 4 aromatic carbocycles. The van der Waals surface area contributed by atoms with Gasteiger partial charge in [-0.2, -0.15) is 0 Å². The summed E-state index contributed by atoms with van der Waals surface area (Å²) in [6.07, 6.45) is 0.799. The molecule has 3 nitrogen and oxygen atoms in total. The number of fused-ring (bicyclic) bond motifs is 3. The molecule has 0 unspecified atom stereocenters. The van der Waals surface area contributed by atoms with E-state index in [1.165, 1.54) is 20.9 Å². The molecule has 0 saturated carbocycles. The van der Waals surface area contributed by atoms with Crippen LogP contribution in [0.5, 0.6) is 0 Å². The maximum atomic E-state index is 10.7. The third-order valence-electron chi connectivity index (χ3n) is 4.71. The van der Waals surface area contributed by atoms with Crippen molar-refractivity contribution < 1.29 is 4.92 Å². The molecule has 0 atom stereocenters. The van der Waals surface area contributed by atoms with E-state index in [2.05, 4.69) is 60.7 Å². The van der Waals surface area contributed by atoms with Crippen molar-refractivity contribution in [2.75, 3.05) is 0 Å². The van der Waals surface area contributed by atoms with Crippen molar-refractivity contribution >= 4 is 27.3 Å². The second kappa shape index (κ2) is 9.65. The fourth-order valence-electron chi connectivity index (χ4n) is 3.29. The van der Waals surface area contributed by atoms with Crippen LogP contribution < -0.4 is 0 Å². The van der Waals surface area contributed by atoms with Crippen LogP contribution in [0.3, 0.4) is 0 Å². The normalized spacial score (nSPS) is 11.1. The van der Waals surface area contributed by atoms with Gasteiger partial charge in [0.25, 0.3) is 5.69 Å². The minimum absolute atomic E-state index is 0.173. The molecule has 30 heavy (non-hydrogen) atoms. The first kappa shape index (κ1) is 20.3. The average molecular weight is 430 g/mol. The summed E-state index contributed by atoms with van der Waals surface area (Å²) in [4.78, 5) is 12.9. The van der Waals surface area contributed by atoms with Crippen LogP contribution in [0.2, 0.25) is 0 Å². The van der Waals surface area contributed by atoms with Gasteiger partial charge in [-0.1, -0.05) is 82.3 Å². The van der Waals surface area contributed by atoms with Gasteiger partial charge in [-0.25, -0.2) is 0 Å². The molecular formula is C25H19NO2S2. The lowest BCUT2D eigenvalue weighted by atomic mass is 10.1. The van der Waals surface area contributed by atoms with Gasteiger partial charge >= 0.3 is 0 Å². The monoisotopic (exact) mass is 429 g/mol. The number of rotatable bonds is 4. The van der Waals surface area contributed by atoms with Crippen LogP contribution in [0.4, 0.5) is 5.69 Å². The van der Waals surface area contributed by atoms with Crippen LogP contribution in [0.25, 0.3) is 11.1 Å². The van der Waals surface area contributed by atoms with Crippen LogP contribution in [0, 0.1) is 10.1 Å². The van der Waals surface area contributed by atoms with Gasteiger partial charge in [-0.05, 0) is 59.0 Å². The van der Waals surface area contributed by atoms with Crippen LogP contribution in [-0.4, -0.2) is 4.92 Å². The van der Waals surface area contributed by atoms with E-state index in [0.29, 0.717) is 0 Å². The molecule has 0 saturated heterocycles. The Balaban J connectivity index is 0.000000147. The standard InChI is InChI=1S/C13H9NO2.C12H10S2/c15-14(16)11-5-6-13-10(8-11)7-9-3-1-2-4-12(9)13;1-3-7-11(8-4-1)13-14-12-9-5-2-6-10-12/h1-6,8H,7H2;1-10H. The van der Waals surface area contributed by atoms with Gasteiger partial charge in [0, 0.05) is 21.9 Å². The first-order chi connectivity index (χ1) is 14.7. The molecule has 1 aliphatic carbocycles. The fourth-order valence-corrected chi connectivity index (χ4v) is 5.27. The zero-order valence-electron chi connectivity index (χ0n) is 16.1. The molecule has 0 N–H and O–H groups in total. The highest BCUT2D eigenvalue weighted by Crippen LogP contribution is 2.38. The van der Waals surface area contributed by atoms with Crippen molar-refractivity contribution in [2.45, 2.75) is 16.2 Å².